The van der Waals surface area contributed by atoms with E-state index in [1.807, 2.05) is 48.5 Å². The van der Waals surface area contributed by atoms with Gasteiger partial charge in [-0.05, 0) is 48.0 Å². The van der Waals surface area contributed by atoms with Crippen LogP contribution in [-0.2, 0) is 0 Å². The van der Waals surface area contributed by atoms with Crippen LogP contribution < -0.4 is 4.74 Å². The van der Waals surface area contributed by atoms with Crippen molar-refractivity contribution in [3.05, 3.63) is 64.5 Å². The number of rotatable bonds is 4. The van der Waals surface area contributed by atoms with Gasteiger partial charge >= 0.3 is 0 Å². The van der Waals surface area contributed by atoms with Gasteiger partial charge in [0.25, 0.3) is 5.89 Å². The molecule has 1 aromatic heterocycles. The van der Waals surface area contributed by atoms with Gasteiger partial charge in [-0.1, -0.05) is 44.8 Å². The molecule has 3 rings (SSSR count). The summed E-state index contributed by atoms with van der Waals surface area (Å²) in [7, 11) is 1.62. The van der Waals surface area contributed by atoms with Crippen molar-refractivity contribution < 1.29 is 9.26 Å². The van der Waals surface area contributed by atoms with Crippen molar-refractivity contribution in [3.8, 4) is 17.1 Å². The molecular weight excluding hydrogens is 380 g/mol. The van der Waals surface area contributed by atoms with Crippen LogP contribution >= 0.6 is 27.5 Å². The molecule has 0 saturated carbocycles. The lowest BCUT2D eigenvalue weighted by Gasteiger charge is -1.99. The molecule has 0 spiro atoms. The highest BCUT2D eigenvalue weighted by molar-refractivity contribution is 9.10. The van der Waals surface area contributed by atoms with Crippen LogP contribution in [0.25, 0.3) is 22.5 Å². The van der Waals surface area contributed by atoms with Crippen LogP contribution in [-0.4, -0.2) is 17.3 Å². The summed E-state index contributed by atoms with van der Waals surface area (Å²) >= 11 is 9.69. The van der Waals surface area contributed by atoms with Crippen LogP contribution in [0.1, 0.15) is 11.5 Å². The second-order valence-corrected chi connectivity index (χ2v) is 6.02. The van der Waals surface area contributed by atoms with Crippen molar-refractivity contribution in [2.24, 2.45) is 0 Å². The number of ether oxygens (including phenoxy) is 1. The van der Waals surface area contributed by atoms with Crippen LogP contribution in [0.4, 0.5) is 0 Å². The smallest absolute Gasteiger partial charge is 0.269 e. The monoisotopic (exact) mass is 390 g/mol. The van der Waals surface area contributed by atoms with E-state index in [4.69, 9.17) is 20.9 Å². The SMILES string of the molecule is COc1ccc(-c2noc(/C(Cl)=C/c3cccc(Br)c3)n2)cc1. The summed E-state index contributed by atoms with van der Waals surface area (Å²) in [6, 6.07) is 15.2. The van der Waals surface area contributed by atoms with Crippen molar-refractivity contribution >= 4 is 38.6 Å². The zero-order valence-corrected chi connectivity index (χ0v) is 14.5. The zero-order chi connectivity index (χ0) is 16.2. The highest BCUT2D eigenvalue weighted by Gasteiger charge is 2.11. The minimum Gasteiger partial charge on any atom is -0.497 e. The van der Waals surface area contributed by atoms with Gasteiger partial charge in [0, 0.05) is 10.0 Å². The first-order valence-electron chi connectivity index (χ1n) is 6.77. The molecule has 0 fully saturated rings. The fraction of sp³-hybridized carbons (Fsp3) is 0.0588. The third-order valence-electron chi connectivity index (χ3n) is 3.12. The summed E-state index contributed by atoms with van der Waals surface area (Å²) in [6.07, 6.45) is 1.78. The molecular formula is C17H12BrClN2O2. The minimum absolute atomic E-state index is 0.275. The molecule has 23 heavy (non-hydrogen) atoms. The number of nitrogens with zero attached hydrogens (tertiary/aromatic N) is 2. The van der Waals surface area contributed by atoms with Crippen molar-refractivity contribution in [1.82, 2.24) is 10.1 Å². The second kappa shape index (κ2) is 6.98. The third kappa shape index (κ3) is 3.81. The highest BCUT2D eigenvalue weighted by atomic mass is 79.9. The van der Waals surface area contributed by atoms with Gasteiger partial charge in [-0.3, -0.25) is 0 Å². The topological polar surface area (TPSA) is 48.2 Å². The van der Waals surface area contributed by atoms with Crippen LogP contribution in [0.2, 0.25) is 0 Å². The van der Waals surface area contributed by atoms with E-state index < -0.39 is 0 Å². The normalized spacial score (nSPS) is 11.5. The van der Waals surface area contributed by atoms with Crippen LogP contribution in [0.15, 0.2) is 57.5 Å². The summed E-state index contributed by atoms with van der Waals surface area (Å²) in [5.74, 6) is 1.52. The van der Waals surface area contributed by atoms with Gasteiger partial charge in [0.1, 0.15) is 10.8 Å². The van der Waals surface area contributed by atoms with Gasteiger partial charge in [0.15, 0.2) is 0 Å². The summed E-state index contributed by atoms with van der Waals surface area (Å²) in [5.41, 5.74) is 1.77. The molecule has 6 heteroatoms. The van der Waals surface area contributed by atoms with Gasteiger partial charge in [0.05, 0.1) is 7.11 Å². The maximum atomic E-state index is 6.27. The van der Waals surface area contributed by atoms with Crippen LogP contribution in [0, 0.1) is 0 Å². The highest BCUT2D eigenvalue weighted by Crippen LogP contribution is 2.25. The number of aromatic nitrogens is 2. The molecule has 4 nitrogen and oxygen atoms in total. The largest absolute Gasteiger partial charge is 0.497 e. The Morgan fingerprint density at radius 3 is 2.70 bits per heavy atom. The average molecular weight is 392 g/mol. The fourth-order valence-corrected chi connectivity index (χ4v) is 2.60. The first kappa shape index (κ1) is 15.8. The predicted molar refractivity (Wildman–Crippen MR) is 94.2 cm³/mol. The summed E-state index contributed by atoms with van der Waals surface area (Å²) < 4.78 is 11.3. The lowest BCUT2D eigenvalue weighted by atomic mass is 10.2. The van der Waals surface area contributed by atoms with E-state index in [1.54, 1.807) is 13.2 Å². The zero-order valence-electron chi connectivity index (χ0n) is 12.2. The Bertz CT molecular complexity index is 844. The molecule has 3 aromatic rings. The maximum Gasteiger partial charge on any atom is 0.269 e. The first-order chi connectivity index (χ1) is 11.2. The Labute approximate surface area is 146 Å². The molecule has 0 amide bonds. The number of benzene rings is 2. The quantitative estimate of drug-likeness (QED) is 0.610. The van der Waals surface area contributed by atoms with Crippen molar-refractivity contribution in [3.63, 3.8) is 0 Å². The van der Waals surface area contributed by atoms with Crippen molar-refractivity contribution in [2.75, 3.05) is 7.11 Å². The molecule has 0 bridgehead atoms. The third-order valence-corrected chi connectivity index (χ3v) is 3.88. The Balaban J connectivity index is 1.85. The van der Waals surface area contributed by atoms with Crippen LogP contribution in [0.5, 0.6) is 5.75 Å². The molecule has 0 unspecified atom stereocenters. The average Bonchev–Trinajstić information content (AvgIpc) is 3.05. The molecule has 1 heterocycles. The molecule has 0 aliphatic carbocycles. The van der Waals surface area contributed by atoms with E-state index in [0.29, 0.717) is 10.9 Å². The summed E-state index contributed by atoms with van der Waals surface area (Å²) in [4.78, 5) is 4.32. The Kier molecular flexibility index (Phi) is 4.79. The predicted octanol–water partition coefficient (Wildman–Crippen LogP) is 5.24. The van der Waals surface area contributed by atoms with Crippen molar-refractivity contribution in [1.29, 1.82) is 0 Å². The van der Waals surface area contributed by atoms with E-state index in [-0.39, 0.29) is 5.89 Å². The molecule has 116 valence electrons. The lowest BCUT2D eigenvalue weighted by Crippen LogP contribution is -1.84. The molecule has 0 atom stereocenters. The Morgan fingerprint density at radius 1 is 1.22 bits per heavy atom. The summed E-state index contributed by atoms with van der Waals surface area (Å²) in [5, 5.41) is 4.35. The summed E-state index contributed by atoms with van der Waals surface area (Å²) in [6.45, 7) is 0. The number of methoxy groups -OCH3 is 1. The molecule has 0 N–H and O–H groups in total. The molecule has 0 saturated heterocycles. The number of halogens is 2. The number of hydrogen-bond acceptors (Lipinski definition) is 4. The molecule has 2 aromatic carbocycles. The standard InChI is InChI=1S/C17H12BrClN2O2/c1-22-14-7-5-12(6-8-14)16-20-17(23-21-16)15(19)10-11-3-2-4-13(18)9-11/h2-10H,1H3/b15-10-. The maximum absolute atomic E-state index is 6.27. The first-order valence-corrected chi connectivity index (χ1v) is 7.94. The van der Waals surface area contributed by atoms with Crippen molar-refractivity contribution in [2.45, 2.75) is 0 Å². The fourth-order valence-electron chi connectivity index (χ4n) is 1.98. The number of hydrogen-bond donors (Lipinski definition) is 0. The van der Waals surface area contributed by atoms with Gasteiger partial charge in [-0.2, -0.15) is 4.98 Å². The van der Waals surface area contributed by atoms with E-state index >= 15 is 0 Å². The van der Waals surface area contributed by atoms with E-state index in [0.717, 1.165) is 21.3 Å². The van der Waals surface area contributed by atoms with E-state index in [2.05, 4.69) is 26.1 Å². The van der Waals surface area contributed by atoms with E-state index in [1.165, 1.54) is 0 Å². The van der Waals surface area contributed by atoms with Gasteiger partial charge < -0.3 is 9.26 Å². The van der Waals surface area contributed by atoms with Gasteiger partial charge in [-0.15, -0.1) is 0 Å². The lowest BCUT2D eigenvalue weighted by molar-refractivity contribution is 0.410. The Hall–Kier alpha value is -2.11. The molecule has 0 aliphatic heterocycles. The molecule has 0 aliphatic rings. The minimum atomic E-state index is 0.275. The van der Waals surface area contributed by atoms with E-state index in [9.17, 15) is 0 Å². The Morgan fingerprint density at radius 2 is 2.00 bits per heavy atom. The second-order valence-electron chi connectivity index (χ2n) is 4.70. The van der Waals surface area contributed by atoms with Gasteiger partial charge in [0.2, 0.25) is 5.82 Å². The van der Waals surface area contributed by atoms with Gasteiger partial charge in [-0.25, -0.2) is 0 Å². The van der Waals surface area contributed by atoms with Crippen LogP contribution in [0.3, 0.4) is 0 Å². The molecule has 0 radical (unpaired) electrons.